The van der Waals surface area contributed by atoms with E-state index >= 15 is 0 Å². The average Bonchev–Trinajstić information content (AvgIpc) is 2.69. The fourth-order valence-electron chi connectivity index (χ4n) is 5.25. The summed E-state index contributed by atoms with van der Waals surface area (Å²) in [6, 6.07) is 7.81. The van der Waals surface area contributed by atoms with Crippen LogP contribution in [0.15, 0.2) is 18.2 Å². The zero-order valence-electron chi connectivity index (χ0n) is 16.8. The minimum absolute atomic E-state index is 0.771. The van der Waals surface area contributed by atoms with Gasteiger partial charge in [0, 0.05) is 0 Å². The average molecular weight is 356 g/mol. The number of nitrogens with zero attached hydrogens (tertiary/aromatic N) is 2. The van der Waals surface area contributed by atoms with Gasteiger partial charge in [-0.15, -0.1) is 0 Å². The van der Waals surface area contributed by atoms with Gasteiger partial charge in [-0.05, 0) is 126 Å². The van der Waals surface area contributed by atoms with E-state index in [0.29, 0.717) is 0 Å². The van der Waals surface area contributed by atoms with Crippen molar-refractivity contribution in [2.24, 2.45) is 0 Å². The number of hydrogen-bond acceptors (Lipinski definition) is 3. The summed E-state index contributed by atoms with van der Waals surface area (Å²) in [5.74, 6) is 2.32. The molecule has 0 saturated carbocycles. The highest BCUT2D eigenvalue weighted by molar-refractivity contribution is 5.37. The maximum atomic E-state index is 3.54. The molecule has 0 radical (unpaired) electrons. The topological polar surface area (TPSA) is 18.5 Å². The molecule has 0 amide bonds. The largest absolute Gasteiger partial charge is 0.317 e. The lowest BCUT2D eigenvalue weighted by molar-refractivity contribution is 0.252. The highest BCUT2D eigenvalue weighted by Gasteiger charge is 2.25. The third-order valence-corrected chi connectivity index (χ3v) is 7.19. The first-order valence-electron chi connectivity index (χ1n) is 10.9. The fourth-order valence-corrected chi connectivity index (χ4v) is 5.25. The second kappa shape index (κ2) is 8.41. The van der Waals surface area contributed by atoms with Crippen molar-refractivity contribution in [3.8, 4) is 0 Å². The van der Waals surface area contributed by atoms with Crippen LogP contribution < -0.4 is 5.32 Å². The van der Waals surface area contributed by atoms with Crippen molar-refractivity contribution in [1.82, 2.24) is 15.1 Å². The van der Waals surface area contributed by atoms with Crippen molar-refractivity contribution in [3.05, 3.63) is 34.9 Å². The van der Waals surface area contributed by atoms with Crippen molar-refractivity contribution in [1.29, 1.82) is 0 Å². The van der Waals surface area contributed by atoms with Gasteiger partial charge in [0.1, 0.15) is 0 Å². The Kier molecular flexibility index (Phi) is 5.97. The van der Waals surface area contributed by atoms with Gasteiger partial charge in [0.05, 0.1) is 0 Å². The van der Waals surface area contributed by atoms with Crippen molar-refractivity contribution in [2.75, 3.05) is 53.4 Å². The van der Waals surface area contributed by atoms with E-state index in [4.69, 9.17) is 0 Å². The quantitative estimate of drug-likeness (QED) is 0.890. The number of likely N-dealkylation sites (tertiary alicyclic amines) is 2. The summed E-state index contributed by atoms with van der Waals surface area (Å²) < 4.78 is 0. The van der Waals surface area contributed by atoms with Gasteiger partial charge in [-0.2, -0.15) is 0 Å². The Balaban J connectivity index is 1.60. The molecule has 0 unspecified atom stereocenters. The number of benzene rings is 1. The molecule has 1 aromatic carbocycles. The molecule has 0 atom stereocenters. The highest BCUT2D eigenvalue weighted by Crippen LogP contribution is 2.37. The minimum Gasteiger partial charge on any atom is -0.317 e. The van der Waals surface area contributed by atoms with Gasteiger partial charge >= 0.3 is 0 Å². The van der Waals surface area contributed by atoms with E-state index in [0.717, 1.165) is 17.8 Å². The van der Waals surface area contributed by atoms with E-state index in [1.165, 1.54) is 77.8 Å². The molecule has 3 saturated heterocycles. The zero-order chi connectivity index (χ0) is 17.9. The van der Waals surface area contributed by atoms with Crippen LogP contribution in [0.1, 0.15) is 73.0 Å². The van der Waals surface area contributed by atoms with E-state index in [1.54, 1.807) is 16.7 Å². The predicted molar refractivity (Wildman–Crippen MR) is 110 cm³/mol. The molecule has 3 aliphatic heterocycles. The molecule has 1 N–H and O–H groups in total. The highest BCUT2D eigenvalue weighted by atomic mass is 15.1. The maximum absolute atomic E-state index is 3.54. The van der Waals surface area contributed by atoms with Crippen molar-refractivity contribution < 1.29 is 0 Å². The third-order valence-electron chi connectivity index (χ3n) is 7.19. The Bertz CT molecular complexity index is 537. The zero-order valence-corrected chi connectivity index (χ0v) is 16.8. The summed E-state index contributed by atoms with van der Waals surface area (Å²) in [6.45, 7) is 7.40. The summed E-state index contributed by atoms with van der Waals surface area (Å²) >= 11 is 0. The lowest BCUT2D eigenvalue weighted by Gasteiger charge is -2.33. The molecule has 0 spiro atoms. The van der Waals surface area contributed by atoms with E-state index in [2.05, 4.69) is 47.4 Å². The lowest BCUT2D eigenvalue weighted by Crippen LogP contribution is -2.30. The Hall–Kier alpha value is -0.900. The standard InChI is InChI=1S/C23H37N3/c1-25-11-5-19(6-12-25)22-15-21(18-3-9-24-10-4-18)16-23(17-22)20-7-13-26(2)14-8-20/h15-20,24H,3-14H2,1-2H3. The summed E-state index contributed by atoms with van der Waals surface area (Å²) in [6.07, 6.45) is 7.95. The van der Waals surface area contributed by atoms with Gasteiger partial charge in [-0.1, -0.05) is 18.2 Å². The van der Waals surface area contributed by atoms with Crippen LogP contribution in [-0.4, -0.2) is 63.2 Å². The van der Waals surface area contributed by atoms with Crippen LogP contribution in [0.2, 0.25) is 0 Å². The van der Waals surface area contributed by atoms with Crippen molar-refractivity contribution in [3.63, 3.8) is 0 Å². The number of piperidine rings is 3. The maximum Gasteiger partial charge on any atom is -0.00159 e. The first-order valence-corrected chi connectivity index (χ1v) is 10.9. The molecule has 4 rings (SSSR count). The lowest BCUT2D eigenvalue weighted by atomic mass is 9.80. The Labute approximate surface area is 160 Å². The van der Waals surface area contributed by atoms with Gasteiger partial charge < -0.3 is 15.1 Å². The van der Waals surface area contributed by atoms with Gasteiger partial charge in [0.15, 0.2) is 0 Å². The number of nitrogens with one attached hydrogen (secondary N) is 1. The third kappa shape index (κ3) is 4.32. The van der Waals surface area contributed by atoms with Crippen LogP contribution >= 0.6 is 0 Å². The molecule has 0 bridgehead atoms. The van der Waals surface area contributed by atoms with Crippen molar-refractivity contribution in [2.45, 2.75) is 56.3 Å². The molecule has 1 aromatic rings. The molecule has 0 aromatic heterocycles. The van der Waals surface area contributed by atoms with Crippen LogP contribution in [0.4, 0.5) is 0 Å². The van der Waals surface area contributed by atoms with Crippen molar-refractivity contribution >= 4 is 0 Å². The summed E-state index contributed by atoms with van der Waals surface area (Å²) in [4.78, 5) is 4.98. The molecule has 3 fully saturated rings. The molecule has 3 nitrogen and oxygen atoms in total. The Morgan fingerprint density at radius 3 is 1.35 bits per heavy atom. The van der Waals surface area contributed by atoms with Gasteiger partial charge in [0.2, 0.25) is 0 Å². The molecule has 0 aliphatic carbocycles. The van der Waals surface area contributed by atoms with E-state index in [1.807, 2.05) is 0 Å². The molecular weight excluding hydrogens is 318 g/mol. The first kappa shape index (κ1) is 18.5. The predicted octanol–water partition coefficient (Wildman–Crippen LogP) is 3.77. The minimum atomic E-state index is 0.771. The second-order valence-corrected chi connectivity index (χ2v) is 9.11. The van der Waals surface area contributed by atoms with Crippen LogP contribution in [0.25, 0.3) is 0 Å². The Morgan fingerprint density at radius 2 is 0.962 bits per heavy atom. The van der Waals surface area contributed by atoms with Crippen LogP contribution in [-0.2, 0) is 0 Å². The summed E-state index contributed by atoms with van der Waals surface area (Å²) in [7, 11) is 4.54. The van der Waals surface area contributed by atoms with Crippen LogP contribution in [0.3, 0.4) is 0 Å². The molecule has 3 aliphatic rings. The Morgan fingerprint density at radius 1 is 0.615 bits per heavy atom. The van der Waals surface area contributed by atoms with E-state index in [9.17, 15) is 0 Å². The molecule has 144 valence electrons. The summed E-state index contributed by atoms with van der Waals surface area (Å²) in [5.41, 5.74) is 4.96. The number of hydrogen-bond donors (Lipinski definition) is 1. The van der Waals surface area contributed by atoms with Crippen LogP contribution in [0, 0.1) is 0 Å². The molecule has 26 heavy (non-hydrogen) atoms. The number of rotatable bonds is 3. The smallest absolute Gasteiger partial charge is 0.00159 e. The van der Waals surface area contributed by atoms with Gasteiger partial charge in [0.25, 0.3) is 0 Å². The van der Waals surface area contributed by atoms with Gasteiger partial charge in [-0.3, -0.25) is 0 Å². The normalized spacial score (nSPS) is 25.6. The first-order chi connectivity index (χ1) is 12.7. The molecule has 3 heteroatoms. The monoisotopic (exact) mass is 355 g/mol. The van der Waals surface area contributed by atoms with E-state index < -0.39 is 0 Å². The summed E-state index contributed by atoms with van der Waals surface area (Å²) in [5, 5.41) is 3.54. The van der Waals surface area contributed by atoms with Gasteiger partial charge in [-0.25, -0.2) is 0 Å². The SMILES string of the molecule is CN1CCC(c2cc(C3CCNCC3)cc(C3CCN(C)CC3)c2)CC1. The molecule has 3 heterocycles. The molecular formula is C23H37N3. The van der Waals surface area contributed by atoms with Crippen LogP contribution in [0.5, 0.6) is 0 Å². The van der Waals surface area contributed by atoms with E-state index in [-0.39, 0.29) is 0 Å². The second-order valence-electron chi connectivity index (χ2n) is 9.11. The fraction of sp³-hybridized carbons (Fsp3) is 0.739.